The summed E-state index contributed by atoms with van der Waals surface area (Å²) in [5.74, 6) is 0.575. The van der Waals surface area contributed by atoms with Gasteiger partial charge in [0, 0.05) is 33.3 Å². The average molecular weight is 771 g/mol. The van der Waals surface area contributed by atoms with Gasteiger partial charge in [0.05, 0.1) is 22.4 Å². The summed E-state index contributed by atoms with van der Waals surface area (Å²) in [4.78, 5) is 2.53. The minimum atomic E-state index is 0.575. The van der Waals surface area contributed by atoms with E-state index in [-0.39, 0.29) is 0 Å². The fourth-order valence-corrected chi connectivity index (χ4v) is 10.00. The van der Waals surface area contributed by atoms with Crippen LogP contribution in [0.25, 0.3) is 71.6 Å². The Bertz CT molecular complexity index is 3110. The molecule has 11 rings (SSSR count). The Kier molecular flexibility index (Phi) is 9.32. The Morgan fingerprint density at radius 1 is 0.400 bits per heavy atom. The van der Waals surface area contributed by atoms with E-state index in [1.807, 2.05) is 0 Å². The first-order chi connectivity index (χ1) is 29.8. The van der Waals surface area contributed by atoms with Gasteiger partial charge in [-0.05, 0) is 112 Å². The van der Waals surface area contributed by atoms with Crippen molar-refractivity contribution < 1.29 is 0 Å². The number of rotatable bonds is 8. The van der Waals surface area contributed by atoms with Gasteiger partial charge in [-0.2, -0.15) is 0 Å². The molecule has 10 aromatic rings. The van der Waals surface area contributed by atoms with E-state index >= 15 is 0 Å². The van der Waals surface area contributed by atoms with Gasteiger partial charge in [-0.25, -0.2) is 0 Å². The van der Waals surface area contributed by atoms with Crippen LogP contribution in [0.4, 0.5) is 17.1 Å². The van der Waals surface area contributed by atoms with Crippen molar-refractivity contribution >= 4 is 49.6 Å². The summed E-state index contributed by atoms with van der Waals surface area (Å²) in [6.07, 6.45) is 6.46. The van der Waals surface area contributed by atoms with Crippen LogP contribution in [0.2, 0.25) is 0 Å². The summed E-state index contributed by atoms with van der Waals surface area (Å²) >= 11 is 0. The lowest BCUT2D eigenvalue weighted by Gasteiger charge is -2.31. The molecule has 0 aliphatic heterocycles. The molecule has 2 heteroatoms. The first kappa shape index (κ1) is 36.0. The Morgan fingerprint density at radius 2 is 1.03 bits per heavy atom. The predicted molar refractivity (Wildman–Crippen MR) is 255 cm³/mol. The van der Waals surface area contributed by atoms with Gasteiger partial charge in [0.1, 0.15) is 0 Å². The molecule has 0 unspecified atom stereocenters. The van der Waals surface area contributed by atoms with Crippen LogP contribution in [-0.2, 0) is 0 Å². The molecule has 9 aromatic carbocycles. The number of fused-ring (bicyclic) bond motifs is 4. The number of hydrogen-bond acceptors (Lipinski definition) is 1. The van der Waals surface area contributed by atoms with Crippen molar-refractivity contribution in [1.82, 2.24) is 4.57 Å². The lowest BCUT2D eigenvalue weighted by Crippen LogP contribution is -2.13. The first-order valence-corrected chi connectivity index (χ1v) is 21.5. The second-order valence-electron chi connectivity index (χ2n) is 16.3. The third-order valence-corrected chi connectivity index (χ3v) is 12.8. The van der Waals surface area contributed by atoms with Crippen LogP contribution in [0.15, 0.2) is 212 Å². The quantitative estimate of drug-likeness (QED) is 0.149. The second kappa shape index (κ2) is 15.5. The predicted octanol–water partition coefficient (Wildman–Crippen LogP) is 16.5. The van der Waals surface area contributed by atoms with E-state index < -0.39 is 0 Å². The van der Waals surface area contributed by atoms with E-state index in [0.29, 0.717) is 5.92 Å². The van der Waals surface area contributed by atoms with Crippen molar-refractivity contribution in [2.45, 2.75) is 38.0 Å². The summed E-state index contributed by atoms with van der Waals surface area (Å²) in [6.45, 7) is 0. The lowest BCUT2D eigenvalue weighted by atomic mass is 9.80. The maximum Gasteiger partial charge on any atom is 0.0542 e. The number of nitrogens with zero attached hydrogens (tertiary/aromatic N) is 2. The normalized spacial score (nSPS) is 13.3. The summed E-state index contributed by atoms with van der Waals surface area (Å²) in [6, 6.07) is 78.3. The monoisotopic (exact) mass is 770 g/mol. The van der Waals surface area contributed by atoms with Gasteiger partial charge < -0.3 is 9.47 Å². The maximum atomic E-state index is 2.53. The Balaban J connectivity index is 1.20. The van der Waals surface area contributed by atoms with Crippen molar-refractivity contribution in [3.8, 4) is 39.1 Å². The zero-order valence-electron chi connectivity index (χ0n) is 33.7. The highest BCUT2D eigenvalue weighted by molar-refractivity contribution is 6.11. The van der Waals surface area contributed by atoms with Crippen LogP contribution in [0.3, 0.4) is 0 Å². The van der Waals surface area contributed by atoms with Crippen molar-refractivity contribution in [1.29, 1.82) is 0 Å². The van der Waals surface area contributed by atoms with Gasteiger partial charge in [-0.1, -0.05) is 177 Å². The van der Waals surface area contributed by atoms with Crippen LogP contribution in [0, 0.1) is 0 Å². The standard InChI is InChI=1S/C58H46N2/c1-5-19-41(20-6-1)45-35-37-56(52(39-45)43-23-9-3-10-24-43)60(47-36-38-57-53(40-47)50-30-14-16-34-55(50)59(57)46-27-11-4-12-28-46)54-33-15-13-29-49(54)51-32-18-26-44-25-17-31-48(58(44)51)42-21-7-2-8-22-42/h1,3-6,9-20,23-40,42H,2,7-8,21-22H2. The van der Waals surface area contributed by atoms with Gasteiger partial charge >= 0.3 is 0 Å². The third-order valence-electron chi connectivity index (χ3n) is 12.8. The van der Waals surface area contributed by atoms with Gasteiger partial charge in [-0.3, -0.25) is 0 Å². The van der Waals surface area contributed by atoms with Crippen LogP contribution in [-0.4, -0.2) is 4.57 Å². The van der Waals surface area contributed by atoms with Crippen LogP contribution in [0.1, 0.15) is 43.6 Å². The molecule has 60 heavy (non-hydrogen) atoms. The highest BCUT2D eigenvalue weighted by Crippen LogP contribution is 2.49. The molecule has 0 atom stereocenters. The van der Waals surface area contributed by atoms with Gasteiger partial charge in [0.15, 0.2) is 0 Å². The highest BCUT2D eigenvalue weighted by atomic mass is 15.1. The molecule has 0 radical (unpaired) electrons. The zero-order chi connectivity index (χ0) is 39.8. The molecule has 0 saturated heterocycles. The van der Waals surface area contributed by atoms with Gasteiger partial charge in [0.25, 0.3) is 0 Å². The molecule has 1 saturated carbocycles. The summed E-state index contributed by atoms with van der Waals surface area (Å²) in [5.41, 5.74) is 15.7. The molecule has 1 aliphatic carbocycles. The van der Waals surface area contributed by atoms with Crippen LogP contribution >= 0.6 is 0 Å². The molecule has 1 aliphatic rings. The first-order valence-electron chi connectivity index (χ1n) is 21.5. The number of benzene rings is 9. The Morgan fingerprint density at radius 3 is 1.83 bits per heavy atom. The van der Waals surface area contributed by atoms with E-state index in [1.165, 1.54) is 104 Å². The number of hydrogen-bond donors (Lipinski definition) is 0. The SMILES string of the molecule is c1ccc(-c2ccc(N(c3ccc4c(c3)c3ccccc3n4-c3ccccc3)c3ccccc3-c3cccc4cccc(C5CCCCC5)c34)c(-c3ccccc3)c2)cc1. The van der Waals surface area contributed by atoms with E-state index in [0.717, 1.165) is 22.7 Å². The molecule has 2 nitrogen and oxygen atoms in total. The molecular weight excluding hydrogens is 725 g/mol. The second-order valence-corrected chi connectivity index (χ2v) is 16.3. The number of aromatic nitrogens is 1. The van der Waals surface area contributed by atoms with E-state index in [9.17, 15) is 0 Å². The smallest absolute Gasteiger partial charge is 0.0542 e. The minimum Gasteiger partial charge on any atom is -0.309 e. The van der Waals surface area contributed by atoms with Crippen molar-refractivity contribution in [3.05, 3.63) is 218 Å². The van der Waals surface area contributed by atoms with Gasteiger partial charge in [0.2, 0.25) is 0 Å². The molecular formula is C58H46N2. The number of para-hydroxylation sites is 3. The maximum absolute atomic E-state index is 2.53. The molecule has 1 fully saturated rings. The molecule has 288 valence electrons. The summed E-state index contributed by atoms with van der Waals surface area (Å²) in [7, 11) is 0. The van der Waals surface area contributed by atoms with Crippen LogP contribution < -0.4 is 4.90 Å². The lowest BCUT2D eigenvalue weighted by molar-refractivity contribution is 0.445. The van der Waals surface area contributed by atoms with Crippen molar-refractivity contribution in [2.75, 3.05) is 4.90 Å². The van der Waals surface area contributed by atoms with E-state index in [2.05, 4.69) is 222 Å². The zero-order valence-corrected chi connectivity index (χ0v) is 33.7. The highest BCUT2D eigenvalue weighted by Gasteiger charge is 2.25. The largest absolute Gasteiger partial charge is 0.309 e. The molecule has 1 aromatic heterocycles. The molecule has 0 N–H and O–H groups in total. The third kappa shape index (κ3) is 6.37. The van der Waals surface area contributed by atoms with E-state index in [1.54, 1.807) is 0 Å². The Labute approximate surface area is 352 Å². The summed E-state index contributed by atoms with van der Waals surface area (Å²) in [5, 5.41) is 5.16. The summed E-state index contributed by atoms with van der Waals surface area (Å²) < 4.78 is 2.40. The molecule has 0 bridgehead atoms. The van der Waals surface area contributed by atoms with E-state index in [4.69, 9.17) is 0 Å². The topological polar surface area (TPSA) is 8.17 Å². The fourth-order valence-electron chi connectivity index (χ4n) is 10.00. The molecule has 1 heterocycles. The average Bonchev–Trinajstić information content (AvgIpc) is 3.66. The fraction of sp³-hybridized carbons (Fsp3) is 0.103. The minimum absolute atomic E-state index is 0.575. The Hall–Kier alpha value is -7.16. The molecule has 0 amide bonds. The van der Waals surface area contributed by atoms with Crippen LogP contribution in [0.5, 0.6) is 0 Å². The number of anilines is 3. The van der Waals surface area contributed by atoms with Crippen molar-refractivity contribution in [3.63, 3.8) is 0 Å². The van der Waals surface area contributed by atoms with Gasteiger partial charge in [-0.15, -0.1) is 0 Å². The van der Waals surface area contributed by atoms with Crippen molar-refractivity contribution in [2.24, 2.45) is 0 Å². The molecule has 0 spiro atoms.